The van der Waals surface area contributed by atoms with Gasteiger partial charge in [-0.3, -0.25) is 0 Å². The molecule has 78 valence electrons. The number of carbonyl (C=O) groups excluding carboxylic acids is 1. The Morgan fingerprint density at radius 1 is 1.40 bits per heavy atom. The predicted octanol–water partition coefficient (Wildman–Crippen LogP) is 3.29. The second-order valence-corrected chi connectivity index (χ2v) is 4.74. The number of aromatic nitrogens is 1. The van der Waals surface area contributed by atoms with Crippen LogP contribution >= 0.6 is 22.6 Å². The van der Waals surface area contributed by atoms with Gasteiger partial charge in [-0.2, -0.15) is 0 Å². The molecule has 0 radical (unpaired) electrons. The fourth-order valence-corrected chi connectivity index (χ4v) is 2.56. The van der Waals surface area contributed by atoms with E-state index in [1.807, 2.05) is 12.1 Å². The fourth-order valence-electron chi connectivity index (χ4n) is 1.71. The molecule has 0 spiro atoms. The SMILES string of the molecule is CC(=O)CCc1c(I)[nH]c2ccccc12. The van der Waals surface area contributed by atoms with Crippen molar-refractivity contribution in [2.24, 2.45) is 0 Å². The third-order valence-electron chi connectivity index (χ3n) is 2.49. The monoisotopic (exact) mass is 313 g/mol. The number of ketones is 1. The Hall–Kier alpha value is -0.840. The molecule has 0 unspecified atom stereocenters. The molecule has 1 aromatic heterocycles. The Balaban J connectivity index is 2.40. The predicted molar refractivity (Wildman–Crippen MR) is 70.0 cm³/mol. The minimum Gasteiger partial charge on any atom is -0.350 e. The molecule has 2 nitrogen and oxygen atoms in total. The first-order chi connectivity index (χ1) is 7.18. The highest BCUT2D eigenvalue weighted by atomic mass is 127. The van der Waals surface area contributed by atoms with Gasteiger partial charge < -0.3 is 9.78 Å². The van der Waals surface area contributed by atoms with Gasteiger partial charge in [-0.1, -0.05) is 18.2 Å². The first kappa shape index (κ1) is 10.7. The van der Waals surface area contributed by atoms with E-state index in [1.54, 1.807) is 6.92 Å². The van der Waals surface area contributed by atoms with E-state index in [-0.39, 0.29) is 5.78 Å². The number of hydrogen-bond acceptors (Lipinski definition) is 1. The van der Waals surface area contributed by atoms with Crippen molar-refractivity contribution in [3.05, 3.63) is 33.5 Å². The van der Waals surface area contributed by atoms with Crippen molar-refractivity contribution in [2.75, 3.05) is 0 Å². The molecule has 0 fully saturated rings. The summed E-state index contributed by atoms with van der Waals surface area (Å²) >= 11 is 2.29. The topological polar surface area (TPSA) is 32.9 Å². The van der Waals surface area contributed by atoms with Crippen LogP contribution in [0.15, 0.2) is 24.3 Å². The summed E-state index contributed by atoms with van der Waals surface area (Å²) in [4.78, 5) is 14.3. The summed E-state index contributed by atoms with van der Waals surface area (Å²) in [5.74, 6) is 0.246. The maximum absolute atomic E-state index is 11.0. The summed E-state index contributed by atoms with van der Waals surface area (Å²) in [6, 6.07) is 8.21. The van der Waals surface area contributed by atoms with Crippen LogP contribution in [0.3, 0.4) is 0 Å². The quantitative estimate of drug-likeness (QED) is 0.867. The Morgan fingerprint density at radius 2 is 2.13 bits per heavy atom. The van der Waals surface area contributed by atoms with Gasteiger partial charge in [-0.25, -0.2) is 0 Å². The molecule has 1 aromatic carbocycles. The lowest BCUT2D eigenvalue weighted by atomic mass is 10.1. The Kier molecular flexibility index (Phi) is 3.09. The Bertz CT molecular complexity index is 501. The molecule has 0 amide bonds. The van der Waals surface area contributed by atoms with Gasteiger partial charge in [0, 0.05) is 17.3 Å². The summed E-state index contributed by atoms with van der Waals surface area (Å²) < 4.78 is 1.15. The molecule has 1 heterocycles. The van der Waals surface area contributed by atoms with E-state index in [2.05, 4.69) is 39.7 Å². The summed E-state index contributed by atoms with van der Waals surface area (Å²) in [5, 5.41) is 1.24. The van der Waals surface area contributed by atoms with Crippen LogP contribution in [-0.2, 0) is 11.2 Å². The lowest BCUT2D eigenvalue weighted by Gasteiger charge is -1.97. The number of halogens is 1. The molecule has 0 aliphatic rings. The van der Waals surface area contributed by atoms with Crippen LogP contribution in [0.5, 0.6) is 0 Å². The molecule has 3 heteroatoms. The number of Topliss-reactive ketones (excluding diaryl/α,β-unsaturated/α-hetero) is 1. The van der Waals surface area contributed by atoms with Crippen LogP contribution < -0.4 is 0 Å². The van der Waals surface area contributed by atoms with E-state index in [4.69, 9.17) is 0 Å². The summed E-state index contributed by atoms with van der Waals surface area (Å²) in [6.07, 6.45) is 1.45. The van der Waals surface area contributed by atoms with Crippen LogP contribution in [0.2, 0.25) is 0 Å². The maximum Gasteiger partial charge on any atom is 0.130 e. The van der Waals surface area contributed by atoms with Crippen LogP contribution in [0.1, 0.15) is 18.9 Å². The number of carbonyl (C=O) groups is 1. The van der Waals surface area contributed by atoms with E-state index in [0.29, 0.717) is 6.42 Å². The molecule has 2 aromatic rings. The molecule has 0 bridgehead atoms. The third kappa shape index (κ3) is 2.22. The first-order valence-corrected chi connectivity index (χ1v) is 6.01. The number of H-pyrrole nitrogens is 1. The molecule has 0 atom stereocenters. The molecule has 0 saturated carbocycles. The van der Waals surface area contributed by atoms with E-state index < -0.39 is 0 Å². The van der Waals surface area contributed by atoms with E-state index >= 15 is 0 Å². The van der Waals surface area contributed by atoms with Gasteiger partial charge in [-0.05, 0) is 47.6 Å². The van der Waals surface area contributed by atoms with Crippen molar-refractivity contribution in [1.29, 1.82) is 0 Å². The van der Waals surface area contributed by atoms with Crippen molar-refractivity contribution in [1.82, 2.24) is 4.98 Å². The molecular weight excluding hydrogens is 301 g/mol. The average Bonchev–Trinajstić information content (AvgIpc) is 2.50. The van der Waals surface area contributed by atoms with Gasteiger partial charge in [0.15, 0.2) is 0 Å². The van der Waals surface area contributed by atoms with Gasteiger partial charge in [-0.15, -0.1) is 0 Å². The van der Waals surface area contributed by atoms with Crippen molar-refractivity contribution in [3.63, 3.8) is 0 Å². The molecular formula is C12H12INO. The number of fused-ring (bicyclic) bond motifs is 1. The van der Waals surface area contributed by atoms with Gasteiger partial charge >= 0.3 is 0 Å². The minimum absolute atomic E-state index is 0.246. The highest BCUT2D eigenvalue weighted by Gasteiger charge is 2.09. The molecule has 0 saturated heterocycles. The second kappa shape index (κ2) is 4.35. The number of para-hydroxylation sites is 1. The largest absolute Gasteiger partial charge is 0.350 e. The summed E-state index contributed by atoms with van der Waals surface area (Å²) in [7, 11) is 0. The van der Waals surface area contributed by atoms with Gasteiger partial charge in [0.1, 0.15) is 5.78 Å². The van der Waals surface area contributed by atoms with Crippen LogP contribution in [0.4, 0.5) is 0 Å². The summed E-state index contributed by atoms with van der Waals surface area (Å²) in [5.41, 5.74) is 2.42. The number of nitrogens with one attached hydrogen (secondary N) is 1. The van der Waals surface area contributed by atoms with Crippen molar-refractivity contribution in [2.45, 2.75) is 19.8 Å². The smallest absolute Gasteiger partial charge is 0.130 e. The fraction of sp³-hybridized carbons (Fsp3) is 0.250. The molecule has 0 aliphatic carbocycles. The number of benzene rings is 1. The van der Waals surface area contributed by atoms with Crippen LogP contribution in [0, 0.1) is 3.70 Å². The maximum atomic E-state index is 11.0. The molecule has 15 heavy (non-hydrogen) atoms. The Morgan fingerprint density at radius 3 is 2.87 bits per heavy atom. The van der Waals surface area contributed by atoms with E-state index in [1.165, 1.54) is 10.9 Å². The van der Waals surface area contributed by atoms with Gasteiger partial charge in [0.25, 0.3) is 0 Å². The standard InChI is InChI=1S/C12H12INO/c1-8(15)6-7-10-9-4-2-3-5-11(9)14-12(10)13/h2-5,14H,6-7H2,1H3. The lowest BCUT2D eigenvalue weighted by Crippen LogP contribution is -1.94. The van der Waals surface area contributed by atoms with Crippen molar-refractivity contribution >= 4 is 39.3 Å². The normalized spacial score (nSPS) is 10.8. The highest BCUT2D eigenvalue weighted by molar-refractivity contribution is 14.1. The number of aromatic amines is 1. The van der Waals surface area contributed by atoms with Crippen LogP contribution in [0.25, 0.3) is 10.9 Å². The number of aryl methyl sites for hydroxylation is 1. The number of rotatable bonds is 3. The van der Waals surface area contributed by atoms with Crippen molar-refractivity contribution < 1.29 is 4.79 Å². The zero-order valence-electron chi connectivity index (χ0n) is 8.51. The van der Waals surface area contributed by atoms with Gasteiger partial charge in [0.05, 0.1) is 3.70 Å². The molecule has 0 aliphatic heterocycles. The minimum atomic E-state index is 0.246. The van der Waals surface area contributed by atoms with Gasteiger partial charge in [0.2, 0.25) is 0 Å². The first-order valence-electron chi connectivity index (χ1n) is 4.93. The molecule has 2 rings (SSSR count). The lowest BCUT2D eigenvalue weighted by molar-refractivity contribution is -0.116. The third-order valence-corrected chi connectivity index (χ3v) is 3.41. The van der Waals surface area contributed by atoms with E-state index in [9.17, 15) is 4.79 Å². The summed E-state index contributed by atoms with van der Waals surface area (Å²) in [6.45, 7) is 1.64. The van der Waals surface area contributed by atoms with E-state index in [0.717, 1.165) is 15.6 Å². The molecule has 1 N–H and O–H groups in total. The second-order valence-electron chi connectivity index (χ2n) is 3.67. The number of hydrogen-bond donors (Lipinski definition) is 1. The highest BCUT2D eigenvalue weighted by Crippen LogP contribution is 2.24. The average molecular weight is 313 g/mol. The van der Waals surface area contributed by atoms with Crippen LogP contribution in [-0.4, -0.2) is 10.8 Å². The zero-order valence-corrected chi connectivity index (χ0v) is 10.7. The van der Waals surface area contributed by atoms with Crippen molar-refractivity contribution in [3.8, 4) is 0 Å². The Labute approximate surface area is 102 Å². The zero-order chi connectivity index (χ0) is 10.8.